The number of piperidine rings is 1. The van der Waals surface area contributed by atoms with Gasteiger partial charge in [0.2, 0.25) is 5.91 Å². The van der Waals surface area contributed by atoms with Gasteiger partial charge in [-0.05, 0) is 30.4 Å². The summed E-state index contributed by atoms with van der Waals surface area (Å²) in [6.07, 6.45) is 7.75. The molecule has 2 fully saturated rings. The molecule has 1 N–H and O–H groups in total. The van der Waals surface area contributed by atoms with Crippen molar-refractivity contribution in [2.75, 3.05) is 26.2 Å². The van der Waals surface area contributed by atoms with Crippen LogP contribution in [0.5, 0.6) is 0 Å². The van der Waals surface area contributed by atoms with Gasteiger partial charge in [0.05, 0.1) is 18.6 Å². The van der Waals surface area contributed by atoms with Gasteiger partial charge in [-0.2, -0.15) is 0 Å². The molecule has 0 saturated carbocycles. The molecule has 1 amide bonds. The highest BCUT2D eigenvalue weighted by atomic mass is 16.5. The van der Waals surface area contributed by atoms with E-state index in [2.05, 4.69) is 21.8 Å². The SMILES string of the molecule is C=CCN1CC[C@H]2OC[C@@H](C(=O)NCc3cccnc3)C[C@H]2C1. The minimum atomic E-state index is -0.0448. The zero-order valence-electron chi connectivity index (χ0n) is 13.5. The van der Waals surface area contributed by atoms with Crippen LogP contribution in [0.4, 0.5) is 0 Å². The van der Waals surface area contributed by atoms with Gasteiger partial charge in [-0.15, -0.1) is 6.58 Å². The molecule has 5 heteroatoms. The van der Waals surface area contributed by atoms with Crippen LogP contribution in [0, 0.1) is 11.8 Å². The van der Waals surface area contributed by atoms with E-state index < -0.39 is 0 Å². The molecule has 124 valence electrons. The number of carbonyl (C=O) groups excluding carboxylic acids is 1. The van der Waals surface area contributed by atoms with Gasteiger partial charge in [-0.3, -0.25) is 14.7 Å². The second-order valence-corrected chi connectivity index (χ2v) is 6.48. The quantitative estimate of drug-likeness (QED) is 0.839. The first-order valence-corrected chi connectivity index (χ1v) is 8.37. The van der Waals surface area contributed by atoms with Crippen molar-refractivity contribution in [2.45, 2.75) is 25.5 Å². The number of ether oxygens (including phenoxy) is 1. The third-order valence-corrected chi connectivity index (χ3v) is 4.79. The minimum Gasteiger partial charge on any atom is -0.377 e. The first-order valence-electron chi connectivity index (χ1n) is 8.37. The predicted molar refractivity (Wildman–Crippen MR) is 88.7 cm³/mol. The molecule has 0 unspecified atom stereocenters. The van der Waals surface area contributed by atoms with Gasteiger partial charge >= 0.3 is 0 Å². The topological polar surface area (TPSA) is 54.5 Å². The number of carbonyl (C=O) groups is 1. The largest absolute Gasteiger partial charge is 0.377 e. The third-order valence-electron chi connectivity index (χ3n) is 4.79. The van der Waals surface area contributed by atoms with Crippen LogP contribution in [0.15, 0.2) is 37.2 Å². The van der Waals surface area contributed by atoms with Crippen LogP contribution in [-0.2, 0) is 16.1 Å². The number of rotatable bonds is 5. The Balaban J connectivity index is 1.50. The van der Waals surface area contributed by atoms with Crippen molar-refractivity contribution in [1.82, 2.24) is 15.2 Å². The number of amides is 1. The van der Waals surface area contributed by atoms with E-state index in [-0.39, 0.29) is 11.8 Å². The number of fused-ring (bicyclic) bond motifs is 1. The van der Waals surface area contributed by atoms with E-state index >= 15 is 0 Å². The van der Waals surface area contributed by atoms with Crippen molar-refractivity contribution in [3.8, 4) is 0 Å². The molecule has 23 heavy (non-hydrogen) atoms. The Kier molecular flexibility index (Phi) is 5.41. The first-order chi connectivity index (χ1) is 11.3. The molecule has 3 rings (SSSR count). The predicted octanol–water partition coefficient (Wildman–Crippen LogP) is 1.61. The normalized spacial score (nSPS) is 27.9. The van der Waals surface area contributed by atoms with Crippen molar-refractivity contribution < 1.29 is 9.53 Å². The molecular weight excluding hydrogens is 290 g/mol. The summed E-state index contributed by atoms with van der Waals surface area (Å²) < 4.78 is 5.97. The Morgan fingerprint density at radius 2 is 2.48 bits per heavy atom. The highest BCUT2D eigenvalue weighted by Gasteiger charge is 2.37. The molecule has 0 aliphatic carbocycles. The number of aromatic nitrogens is 1. The average Bonchev–Trinajstić information content (AvgIpc) is 2.60. The molecule has 0 aromatic carbocycles. The number of nitrogens with one attached hydrogen (secondary N) is 1. The maximum atomic E-state index is 12.4. The van der Waals surface area contributed by atoms with Crippen LogP contribution in [0.25, 0.3) is 0 Å². The summed E-state index contributed by atoms with van der Waals surface area (Å²) in [7, 11) is 0. The van der Waals surface area contributed by atoms with Gasteiger partial charge in [0.25, 0.3) is 0 Å². The minimum absolute atomic E-state index is 0.0448. The Labute approximate surface area is 137 Å². The van der Waals surface area contributed by atoms with E-state index in [0.29, 0.717) is 25.2 Å². The van der Waals surface area contributed by atoms with Crippen LogP contribution in [0.1, 0.15) is 18.4 Å². The summed E-state index contributed by atoms with van der Waals surface area (Å²) in [4.78, 5) is 18.9. The fourth-order valence-corrected chi connectivity index (χ4v) is 3.57. The summed E-state index contributed by atoms with van der Waals surface area (Å²) in [5, 5.41) is 3.01. The summed E-state index contributed by atoms with van der Waals surface area (Å²) in [5.74, 6) is 0.497. The lowest BCUT2D eigenvalue weighted by Gasteiger charge is -2.42. The van der Waals surface area contributed by atoms with Gasteiger partial charge in [0.1, 0.15) is 0 Å². The van der Waals surface area contributed by atoms with Crippen LogP contribution in [0.3, 0.4) is 0 Å². The lowest BCUT2D eigenvalue weighted by Crippen LogP contribution is -2.50. The molecule has 5 nitrogen and oxygen atoms in total. The first kappa shape index (κ1) is 16.1. The van der Waals surface area contributed by atoms with Crippen molar-refractivity contribution in [3.63, 3.8) is 0 Å². The Morgan fingerprint density at radius 3 is 3.26 bits per heavy atom. The number of nitrogens with zero attached hydrogens (tertiary/aromatic N) is 2. The molecule has 2 aliphatic heterocycles. The van der Waals surface area contributed by atoms with Crippen molar-refractivity contribution >= 4 is 5.91 Å². The maximum absolute atomic E-state index is 12.4. The molecule has 2 saturated heterocycles. The van der Waals surface area contributed by atoms with Gasteiger partial charge in [-0.1, -0.05) is 12.1 Å². The summed E-state index contributed by atoms with van der Waals surface area (Å²) in [6, 6.07) is 3.85. The molecule has 2 aliphatic rings. The summed E-state index contributed by atoms with van der Waals surface area (Å²) in [6.45, 7) is 7.87. The Hall–Kier alpha value is -1.72. The van der Waals surface area contributed by atoms with Gasteiger partial charge in [-0.25, -0.2) is 0 Å². The average molecular weight is 315 g/mol. The van der Waals surface area contributed by atoms with E-state index in [1.807, 2.05) is 18.2 Å². The van der Waals surface area contributed by atoms with E-state index in [1.165, 1.54) is 0 Å². The summed E-state index contributed by atoms with van der Waals surface area (Å²) in [5.41, 5.74) is 1.02. The van der Waals surface area contributed by atoms with Crippen molar-refractivity contribution in [3.05, 3.63) is 42.7 Å². The lowest BCUT2D eigenvalue weighted by atomic mass is 9.83. The van der Waals surface area contributed by atoms with Gasteiger partial charge in [0, 0.05) is 38.6 Å². The standard InChI is InChI=1S/C18H25N3O2/c1-2-7-21-8-5-17-15(12-21)9-16(13-23-17)18(22)20-11-14-4-3-6-19-10-14/h2-4,6,10,15-17H,1,5,7-9,11-13H2,(H,20,22)/t15-,16-,17+/m0/s1. The summed E-state index contributed by atoms with van der Waals surface area (Å²) >= 11 is 0. The lowest BCUT2D eigenvalue weighted by molar-refractivity contribution is -0.138. The fourth-order valence-electron chi connectivity index (χ4n) is 3.57. The Morgan fingerprint density at radius 1 is 1.57 bits per heavy atom. The second-order valence-electron chi connectivity index (χ2n) is 6.48. The van der Waals surface area contributed by atoms with Gasteiger partial charge < -0.3 is 10.1 Å². The zero-order valence-corrected chi connectivity index (χ0v) is 13.5. The molecule has 0 bridgehead atoms. The van der Waals surface area contributed by atoms with Crippen molar-refractivity contribution in [1.29, 1.82) is 0 Å². The monoisotopic (exact) mass is 315 g/mol. The molecule has 0 radical (unpaired) electrons. The van der Waals surface area contributed by atoms with Crippen LogP contribution in [-0.4, -0.2) is 48.1 Å². The van der Waals surface area contributed by atoms with Gasteiger partial charge in [0.15, 0.2) is 0 Å². The maximum Gasteiger partial charge on any atom is 0.225 e. The van der Waals surface area contributed by atoms with Crippen LogP contribution >= 0.6 is 0 Å². The fraction of sp³-hybridized carbons (Fsp3) is 0.556. The van der Waals surface area contributed by atoms with Crippen LogP contribution < -0.4 is 5.32 Å². The number of pyridine rings is 1. The number of hydrogen-bond acceptors (Lipinski definition) is 4. The molecule has 1 aromatic rings. The van der Waals surface area contributed by atoms with E-state index in [4.69, 9.17) is 4.74 Å². The molecule has 3 atom stereocenters. The zero-order chi connectivity index (χ0) is 16.1. The second kappa shape index (κ2) is 7.70. The van der Waals surface area contributed by atoms with Crippen LogP contribution in [0.2, 0.25) is 0 Å². The van der Waals surface area contributed by atoms with E-state index in [9.17, 15) is 4.79 Å². The molecular formula is C18H25N3O2. The smallest absolute Gasteiger partial charge is 0.225 e. The highest BCUT2D eigenvalue weighted by molar-refractivity contribution is 5.78. The molecule has 1 aromatic heterocycles. The third kappa shape index (κ3) is 4.18. The number of likely N-dealkylation sites (tertiary alicyclic amines) is 1. The number of hydrogen-bond donors (Lipinski definition) is 1. The van der Waals surface area contributed by atoms with E-state index in [1.54, 1.807) is 12.4 Å². The molecule has 0 spiro atoms. The molecule has 3 heterocycles. The van der Waals surface area contributed by atoms with Crippen molar-refractivity contribution in [2.24, 2.45) is 11.8 Å². The van der Waals surface area contributed by atoms with E-state index in [0.717, 1.165) is 38.0 Å². The Bertz CT molecular complexity index is 534. The highest BCUT2D eigenvalue weighted by Crippen LogP contribution is 2.31.